The molecule has 0 aliphatic rings. The SMILES string of the molecule is CC(C)Cn1nc(C(=O)OCC(=O)Nc2cccc(Oc3ccccc3)c2)c2ccccc2c1=O. The number of fused-ring (bicyclic) bond motifs is 1. The van der Waals surface area contributed by atoms with Crippen molar-refractivity contribution in [1.29, 1.82) is 0 Å². The molecule has 0 unspecified atom stereocenters. The first-order valence-corrected chi connectivity index (χ1v) is 11.2. The number of aromatic nitrogens is 2. The second-order valence-electron chi connectivity index (χ2n) is 8.34. The fourth-order valence-corrected chi connectivity index (χ4v) is 3.51. The maximum atomic E-state index is 12.8. The summed E-state index contributed by atoms with van der Waals surface area (Å²) in [5, 5.41) is 7.68. The van der Waals surface area contributed by atoms with Crippen molar-refractivity contribution >= 4 is 28.3 Å². The fraction of sp³-hybridized carbons (Fsp3) is 0.185. The van der Waals surface area contributed by atoms with Gasteiger partial charge in [0.1, 0.15) is 11.5 Å². The number of nitrogens with one attached hydrogen (secondary N) is 1. The number of ether oxygens (including phenoxy) is 2. The number of hydrogen-bond donors (Lipinski definition) is 1. The Balaban J connectivity index is 1.44. The van der Waals surface area contributed by atoms with Gasteiger partial charge < -0.3 is 14.8 Å². The molecule has 0 saturated heterocycles. The van der Waals surface area contributed by atoms with Gasteiger partial charge >= 0.3 is 5.97 Å². The summed E-state index contributed by atoms with van der Waals surface area (Å²) in [5.74, 6) is 0.0696. The number of nitrogens with zero attached hydrogens (tertiary/aromatic N) is 2. The van der Waals surface area contributed by atoms with Gasteiger partial charge in [0.15, 0.2) is 12.3 Å². The van der Waals surface area contributed by atoms with E-state index in [9.17, 15) is 14.4 Å². The lowest BCUT2D eigenvalue weighted by Crippen LogP contribution is -2.29. The Labute approximate surface area is 202 Å². The highest BCUT2D eigenvalue weighted by Gasteiger charge is 2.19. The molecule has 35 heavy (non-hydrogen) atoms. The average molecular weight is 472 g/mol. The standard InChI is InChI=1S/C27H25N3O5/c1-18(2)16-30-26(32)23-14-7-6-13-22(23)25(29-30)27(33)34-17-24(31)28-19-9-8-12-21(15-19)35-20-10-4-3-5-11-20/h3-15,18H,16-17H2,1-2H3,(H,28,31). The first kappa shape index (κ1) is 23.7. The Kier molecular flexibility index (Phi) is 7.21. The van der Waals surface area contributed by atoms with Gasteiger partial charge in [0, 0.05) is 23.7 Å². The number of hydrogen-bond acceptors (Lipinski definition) is 6. The quantitative estimate of drug-likeness (QED) is 0.376. The Morgan fingerprint density at radius 3 is 2.34 bits per heavy atom. The molecule has 0 bridgehead atoms. The van der Waals surface area contributed by atoms with Crippen molar-refractivity contribution in [3.8, 4) is 11.5 Å². The molecular formula is C27H25N3O5. The van der Waals surface area contributed by atoms with Crippen LogP contribution in [0.15, 0.2) is 83.7 Å². The third-order valence-corrected chi connectivity index (χ3v) is 5.03. The van der Waals surface area contributed by atoms with Gasteiger partial charge in [-0.15, -0.1) is 0 Å². The van der Waals surface area contributed by atoms with Crippen molar-refractivity contribution in [2.45, 2.75) is 20.4 Å². The van der Waals surface area contributed by atoms with Gasteiger partial charge in [0.2, 0.25) is 0 Å². The molecule has 4 aromatic rings. The molecule has 0 aliphatic carbocycles. The summed E-state index contributed by atoms with van der Waals surface area (Å²) in [7, 11) is 0. The van der Waals surface area contributed by atoms with E-state index in [1.165, 1.54) is 4.68 Å². The molecule has 1 N–H and O–H groups in total. The summed E-state index contributed by atoms with van der Waals surface area (Å²) in [6, 6.07) is 22.9. The molecule has 178 valence electrons. The average Bonchev–Trinajstić information content (AvgIpc) is 2.85. The highest BCUT2D eigenvalue weighted by molar-refractivity contribution is 6.03. The number of amides is 1. The topological polar surface area (TPSA) is 99.5 Å². The van der Waals surface area contributed by atoms with Crippen LogP contribution >= 0.6 is 0 Å². The maximum absolute atomic E-state index is 12.8. The molecule has 0 atom stereocenters. The van der Waals surface area contributed by atoms with Gasteiger partial charge in [-0.25, -0.2) is 9.48 Å². The molecule has 8 heteroatoms. The summed E-state index contributed by atoms with van der Waals surface area (Å²) in [6.07, 6.45) is 0. The Bertz CT molecular complexity index is 1410. The number of anilines is 1. The van der Waals surface area contributed by atoms with Crippen LogP contribution in [-0.2, 0) is 16.1 Å². The zero-order valence-electron chi connectivity index (χ0n) is 19.4. The highest BCUT2D eigenvalue weighted by Crippen LogP contribution is 2.24. The van der Waals surface area contributed by atoms with Gasteiger partial charge in [-0.3, -0.25) is 9.59 Å². The second-order valence-corrected chi connectivity index (χ2v) is 8.34. The van der Waals surface area contributed by atoms with Crippen molar-refractivity contribution in [1.82, 2.24) is 9.78 Å². The van der Waals surface area contributed by atoms with Gasteiger partial charge in [-0.05, 0) is 36.2 Å². The predicted molar refractivity (Wildman–Crippen MR) is 133 cm³/mol. The highest BCUT2D eigenvalue weighted by atomic mass is 16.5. The summed E-state index contributed by atoms with van der Waals surface area (Å²) >= 11 is 0. The number of rotatable bonds is 8. The molecular weight excluding hydrogens is 446 g/mol. The minimum Gasteiger partial charge on any atom is -0.457 e. The predicted octanol–water partition coefficient (Wildman–Crippen LogP) is 4.64. The van der Waals surface area contributed by atoms with Gasteiger partial charge in [0.05, 0.1) is 5.39 Å². The molecule has 0 spiro atoms. The lowest BCUT2D eigenvalue weighted by Gasteiger charge is -2.12. The molecule has 0 aliphatic heterocycles. The number of para-hydroxylation sites is 1. The van der Waals surface area contributed by atoms with Crippen LogP contribution in [0.1, 0.15) is 24.3 Å². The van der Waals surface area contributed by atoms with Crippen LogP contribution in [0.2, 0.25) is 0 Å². The fourth-order valence-electron chi connectivity index (χ4n) is 3.51. The van der Waals surface area contributed by atoms with Crippen molar-refractivity contribution in [3.05, 3.63) is 94.9 Å². The largest absolute Gasteiger partial charge is 0.457 e. The van der Waals surface area contributed by atoms with Crippen molar-refractivity contribution in [3.63, 3.8) is 0 Å². The third kappa shape index (κ3) is 5.92. The summed E-state index contributed by atoms with van der Waals surface area (Å²) in [6.45, 7) is 3.74. The molecule has 4 rings (SSSR count). The Morgan fingerprint density at radius 1 is 0.914 bits per heavy atom. The Hall–Kier alpha value is -4.46. The first-order chi connectivity index (χ1) is 16.9. The van der Waals surface area contributed by atoms with E-state index in [1.54, 1.807) is 48.5 Å². The van der Waals surface area contributed by atoms with E-state index >= 15 is 0 Å². The molecule has 1 amide bonds. The second kappa shape index (κ2) is 10.6. The molecule has 1 heterocycles. The smallest absolute Gasteiger partial charge is 0.359 e. The lowest BCUT2D eigenvalue weighted by molar-refractivity contribution is -0.119. The van der Waals surface area contributed by atoms with Crippen LogP contribution in [0.4, 0.5) is 5.69 Å². The van der Waals surface area contributed by atoms with Crippen LogP contribution in [0.5, 0.6) is 11.5 Å². The van der Waals surface area contributed by atoms with Crippen LogP contribution in [-0.4, -0.2) is 28.3 Å². The summed E-state index contributed by atoms with van der Waals surface area (Å²) < 4.78 is 12.3. The monoisotopic (exact) mass is 471 g/mol. The Morgan fingerprint density at radius 2 is 1.60 bits per heavy atom. The van der Waals surface area contributed by atoms with Gasteiger partial charge in [-0.2, -0.15) is 5.10 Å². The van der Waals surface area contributed by atoms with Gasteiger partial charge in [0.25, 0.3) is 11.5 Å². The molecule has 0 saturated carbocycles. The van der Waals surface area contributed by atoms with Crippen molar-refractivity contribution in [2.75, 3.05) is 11.9 Å². The number of carbonyl (C=O) groups excluding carboxylic acids is 2. The van der Waals surface area contributed by atoms with Crippen LogP contribution in [0.3, 0.4) is 0 Å². The lowest BCUT2D eigenvalue weighted by atomic mass is 10.1. The van der Waals surface area contributed by atoms with E-state index < -0.39 is 18.5 Å². The van der Waals surface area contributed by atoms with E-state index in [4.69, 9.17) is 9.47 Å². The number of benzene rings is 3. The third-order valence-electron chi connectivity index (χ3n) is 5.03. The first-order valence-electron chi connectivity index (χ1n) is 11.2. The summed E-state index contributed by atoms with van der Waals surface area (Å²) in [4.78, 5) is 38.0. The number of carbonyl (C=O) groups is 2. The van der Waals surface area contributed by atoms with E-state index in [2.05, 4.69) is 10.4 Å². The maximum Gasteiger partial charge on any atom is 0.359 e. The van der Waals surface area contributed by atoms with E-state index in [0.717, 1.165) is 0 Å². The van der Waals surface area contributed by atoms with Crippen molar-refractivity contribution < 1.29 is 19.1 Å². The van der Waals surface area contributed by atoms with Crippen LogP contribution in [0, 0.1) is 5.92 Å². The molecule has 1 aromatic heterocycles. The molecule has 0 radical (unpaired) electrons. The molecule has 0 fully saturated rings. The normalized spacial score (nSPS) is 10.8. The number of esters is 1. The molecule has 3 aromatic carbocycles. The molecule has 8 nitrogen and oxygen atoms in total. The van der Waals surface area contributed by atoms with E-state index in [-0.39, 0.29) is 17.2 Å². The van der Waals surface area contributed by atoms with E-state index in [0.29, 0.717) is 34.5 Å². The zero-order chi connectivity index (χ0) is 24.8. The van der Waals surface area contributed by atoms with Gasteiger partial charge in [-0.1, -0.05) is 56.3 Å². The summed E-state index contributed by atoms with van der Waals surface area (Å²) in [5.41, 5.74) is 0.210. The van der Waals surface area contributed by atoms with Crippen LogP contribution in [0.25, 0.3) is 10.8 Å². The minimum atomic E-state index is -0.782. The van der Waals surface area contributed by atoms with E-state index in [1.807, 2.05) is 44.2 Å². The minimum absolute atomic E-state index is 0.00749. The zero-order valence-corrected chi connectivity index (χ0v) is 19.4. The van der Waals surface area contributed by atoms with Crippen LogP contribution < -0.4 is 15.6 Å². The van der Waals surface area contributed by atoms with Crippen molar-refractivity contribution in [2.24, 2.45) is 5.92 Å².